The van der Waals surface area contributed by atoms with E-state index < -0.39 is 0 Å². The zero-order valence-electron chi connectivity index (χ0n) is 15.0. The smallest absolute Gasteiger partial charge is 0.191 e. The van der Waals surface area contributed by atoms with Gasteiger partial charge in [0.25, 0.3) is 0 Å². The molecule has 0 bridgehead atoms. The molecule has 5 nitrogen and oxygen atoms in total. The molecule has 1 aliphatic heterocycles. The van der Waals surface area contributed by atoms with Crippen molar-refractivity contribution in [2.45, 2.75) is 26.3 Å². The summed E-state index contributed by atoms with van der Waals surface area (Å²) in [5, 5.41) is 6.82. The van der Waals surface area contributed by atoms with Crippen molar-refractivity contribution in [2.24, 2.45) is 10.9 Å². The largest absolute Gasteiger partial charge is 0.496 e. The average molecular weight is 446 g/mol. The van der Waals surface area contributed by atoms with Gasteiger partial charge in [-0.2, -0.15) is 0 Å². The molecule has 1 unspecified atom stereocenters. The molecule has 2 rings (SSSR count). The van der Waals surface area contributed by atoms with Gasteiger partial charge >= 0.3 is 0 Å². The molecule has 1 aliphatic rings. The van der Waals surface area contributed by atoms with Crippen molar-refractivity contribution in [3.8, 4) is 5.75 Å². The summed E-state index contributed by atoms with van der Waals surface area (Å²) in [7, 11) is 3.52. The number of methoxy groups -OCH3 is 1. The Morgan fingerprint density at radius 2 is 2.12 bits per heavy atom. The normalized spacial score (nSPS) is 18.1. The molecule has 24 heavy (non-hydrogen) atoms. The number of halogens is 1. The van der Waals surface area contributed by atoms with E-state index in [1.165, 1.54) is 32.5 Å². The van der Waals surface area contributed by atoms with Crippen LogP contribution in [0.3, 0.4) is 0 Å². The molecule has 0 saturated carbocycles. The topological polar surface area (TPSA) is 48.9 Å². The molecule has 0 aromatic heterocycles. The second-order valence-electron chi connectivity index (χ2n) is 6.07. The Hall–Kier alpha value is -1.02. The first-order valence-corrected chi connectivity index (χ1v) is 8.55. The average Bonchev–Trinajstić information content (AvgIpc) is 3.03. The van der Waals surface area contributed by atoms with E-state index in [1.54, 1.807) is 7.11 Å². The van der Waals surface area contributed by atoms with Crippen LogP contribution in [0.1, 0.15) is 25.3 Å². The molecule has 0 spiro atoms. The summed E-state index contributed by atoms with van der Waals surface area (Å²) in [5.41, 5.74) is 1.13. The fourth-order valence-electron chi connectivity index (χ4n) is 3.09. The Morgan fingerprint density at radius 3 is 2.83 bits per heavy atom. The number of likely N-dealkylation sites (tertiary alicyclic amines) is 1. The Labute approximate surface area is 163 Å². The molecule has 136 valence electrons. The van der Waals surface area contributed by atoms with Crippen molar-refractivity contribution >= 4 is 29.9 Å². The summed E-state index contributed by atoms with van der Waals surface area (Å²) in [6.45, 7) is 7.58. The summed E-state index contributed by atoms with van der Waals surface area (Å²) in [6.07, 6.45) is 2.51. The van der Waals surface area contributed by atoms with Crippen LogP contribution in [0.25, 0.3) is 0 Å². The van der Waals surface area contributed by atoms with Gasteiger partial charge in [-0.05, 0) is 37.9 Å². The molecule has 0 aliphatic carbocycles. The molecule has 2 N–H and O–H groups in total. The van der Waals surface area contributed by atoms with E-state index in [0.29, 0.717) is 12.5 Å². The molecule has 1 heterocycles. The number of hydrogen-bond donors (Lipinski definition) is 2. The van der Waals surface area contributed by atoms with Crippen molar-refractivity contribution in [2.75, 3.05) is 40.3 Å². The zero-order valence-corrected chi connectivity index (χ0v) is 17.4. The number of nitrogens with one attached hydrogen (secondary N) is 2. The van der Waals surface area contributed by atoms with E-state index in [9.17, 15) is 0 Å². The van der Waals surface area contributed by atoms with Gasteiger partial charge in [-0.15, -0.1) is 24.0 Å². The lowest BCUT2D eigenvalue weighted by atomic mass is 10.1. The summed E-state index contributed by atoms with van der Waals surface area (Å²) < 4.78 is 5.38. The van der Waals surface area contributed by atoms with Crippen LogP contribution in [0.5, 0.6) is 5.75 Å². The second-order valence-corrected chi connectivity index (χ2v) is 6.07. The van der Waals surface area contributed by atoms with Crippen LogP contribution >= 0.6 is 24.0 Å². The molecular weight excluding hydrogens is 415 g/mol. The molecule has 1 aromatic carbocycles. The quantitative estimate of drug-likeness (QED) is 0.384. The van der Waals surface area contributed by atoms with Gasteiger partial charge in [0.05, 0.1) is 7.11 Å². The highest BCUT2D eigenvalue weighted by Crippen LogP contribution is 2.17. The van der Waals surface area contributed by atoms with Gasteiger partial charge in [0.15, 0.2) is 5.96 Å². The van der Waals surface area contributed by atoms with E-state index >= 15 is 0 Å². The van der Waals surface area contributed by atoms with Gasteiger partial charge in [0.2, 0.25) is 0 Å². The number of para-hydroxylation sites is 1. The second kappa shape index (κ2) is 11.5. The standard InChI is InChI=1S/C18H30N4O.HI/c1-4-10-22-11-9-15(14-22)12-20-18(19-2)21-13-16-7-5-6-8-17(16)23-3;/h5-8,15H,4,9-14H2,1-3H3,(H2,19,20,21);1H. The first-order valence-electron chi connectivity index (χ1n) is 8.55. The van der Waals surface area contributed by atoms with Crippen LogP contribution in [-0.4, -0.2) is 51.2 Å². The van der Waals surface area contributed by atoms with E-state index in [-0.39, 0.29) is 24.0 Å². The van der Waals surface area contributed by atoms with Crippen molar-refractivity contribution in [3.63, 3.8) is 0 Å². The van der Waals surface area contributed by atoms with E-state index in [1.807, 2.05) is 25.2 Å². The number of nitrogens with zero attached hydrogens (tertiary/aromatic N) is 2. The summed E-state index contributed by atoms with van der Waals surface area (Å²) in [6, 6.07) is 8.06. The Kier molecular flexibility index (Phi) is 10.1. The minimum atomic E-state index is 0. The fourth-order valence-corrected chi connectivity index (χ4v) is 3.09. The molecule has 1 fully saturated rings. The van der Waals surface area contributed by atoms with Crippen molar-refractivity contribution in [1.82, 2.24) is 15.5 Å². The van der Waals surface area contributed by atoms with Crippen molar-refractivity contribution in [1.29, 1.82) is 0 Å². The number of aliphatic imine (C=N–C) groups is 1. The highest BCUT2D eigenvalue weighted by molar-refractivity contribution is 14.0. The van der Waals surface area contributed by atoms with Gasteiger partial charge in [-0.25, -0.2) is 0 Å². The highest BCUT2D eigenvalue weighted by Gasteiger charge is 2.21. The molecular formula is C18H31IN4O. The van der Waals surface area contributed by atoms with Crippen LogP contribution in [0.4, 0.5) is 0 Å². The lowest BCUT2D eigenvalue weighted by Crippen LogP contribution is -2.40. The molecule has 1 aromatic rings. The molecule has 1 atom stereocenters. The molecule has 0 amide bonds. The molecule has 0 radical (unpaired) electrons. The number of hydrogen-bond acceptors (Lipinski definition) is 3. The number of benzene rings is 1. The third-order valence-electron chi connectivity index (χ3n) is 4.33. The zero-order chi connectivity index (χ0) is 16.5. The lowest BCUT2D eigenvalue weighted by molar-refractivity contribution is 0.324. The van der Waals surface area contributed by atoms with E-state index in [4.69, 9.17) is 4.74 Å². The third-order valence-corrected chi connectivity index (χ3v) is 4.33. The van der Waals surface area contributed by atoms with Crippen LogP contribution < -0.4 is 15.4 Å². The summed E-state index contributed by atoms with van der Waals surface area (Å²) >= 11 is 0. The van der Waals surface area contributed by atoms with Gasteiger partial charge in [0.1, 0.15) is 5.75 Å². The van der Waals surface area contributed by atoms with Gasteiger partial charge in [-0.1, -0.05) is 25.1 Å². The highest BCUT2D eigenvalue weighted by atomic mass is 127. The Balaban J connectivity index is 0.00000288. The van der Waals surface area contributed by atoms with E-state index in [2.05, 4.69) is 33.5 Å². The Bertz CT molecular complexity index is 510. The first kappa shape index (κ1) is 21.0. The van der Waals surface area contributed by atoms with Crippen LogP contribution in [0, 0.1) is 5.92 Å². The predicted molar refractivity (Wildman–Crippen MR) is 111 cm³/mol. The van der Waals surface area contributed by atoms with Crippen LogP contribution in [-0.2, 0) is 6.54 Å². The van der Waals surface area contributed by atoms with Crippen molar-refractivity contribution in [3.05, 3.63) is 29.8 Å². The number of ether oxygens (including phenoxy) is 1. The van der Waals surface area contributed by atoms with Gasteiger partial charge in [-0.3, -0.25) is 4.99 Å². The lowest BCUT2D eigenvalue weighted by Gasteiger charge is -2.17. The minimum Gasteiger partial charge on any atom is -0.496 e. The summed E-state index contributed by atoms with van der Waals surface area (Å²) in [4.78, 5) is 6.87. The van der Waals surface area contributed by atoms with Gasteiger partial charge < -0.3 is 20.3 Å². The summed E-state index contributed by atoms with van der Waals surface area (Å²) in [5.74, 6) is 2.47. The number of guanidine groups is 1. The SMILES string of the molecule is CCCN1CCC(CNC(=NC)NCc2ccccc2OC)C1.I. The predicted octanol–water partition coefficient (Wildman–Crippen LogP) is 2.71. The fraction of sp³-hybridized carbons (Fsp3) is 0.611. The minimum absolute atomic E-state index is 0. The molecule has 6 heteroatoms. The maximum absolute atomic E-state index is 5.38. The van der Waals surface area contributed by atoms with Crippen molar-refractivity contribution < 1.29 is 4.74 Å². The third kappa shape index (κ3) is 6.47. The van der Waals surface area contributed by atoms with Gasteiger partial charge in [0, 0.05) is 32.2 Å². The maximum atomic E-state index is 5.38. The first-order chi connectivity index (χ1) is 11.3. The maximum Gasteiger partial charge on any atom is 0.191 e. The monoisotopic (exact) mass is 446 g/mol. The Morgan fingerprint density at radius 1 is 1.33 bits per heavy atom. The molecule has 1 saturated heterocycles. The van der Waals surface area contributed by atoms with Crippen LogP contribution in [0.15, 0.2) is 29.3 Å². The number of rotatable bonds is 7. The van der Waals surface area contributed by atoms with Crippen LogP contribution in [0.2, 0.25) is 0 Å². The van der Waals surface area contributed by atoms with E-state index in [0.717, 1.165) is 23.8 Å².